The van der Waals surface area contributed by atoms with Crippen LogP contribution in [0.3, 0.4) is 0 Å². The number of rotatable bonds is 15. The summed E-state index contributed by atoms with van der Waals surface area (Å²) in [7, 11) is 0. The van der Waals surface area contributed by atoms with E-state index in [1.807, 2.05) is 60.0 Å². The number of hydrogen-bond donors (Lipinski definition) is 1. The van der Waals surface area contributed by atoms with Crippen molar-refractivity contribution in [3.63, 3.8) is 0 Å². The molecule has 0 unspecified atom stereocenters. The number of benzene rings is 3. The number of carboxylic acids is 1. The number of nitro groups is 1. The fraction of sp³-hybridized carbons (Fsp3) is 0.233. The Kier molecular flexibility index (Phi) is 10.3. The molecule has 0 aliphatic heterocycles. The lowest BCUT2D eigenvalue weighted by Crippen LogP contribution is -2.17. The molecule has 0 atom stereocenters. The molecule has 10 heteroatoms. The molecule has 4 aromatic rings. The first-order chi connectivity index (χ1) is 19.5. The highest BCUT2D eigenvalue weighted by molar-refractivity contribution is 7.09. The van der Waals surface area contributed by atoms with E-state index in [2.05, 4.69) is 9.98 Å². The van der Waals surface area contributed by atoms with Gasteiger partial charge in [0.15, 0.2) is 0 Å². The summed E-state index contributed by atoms with van der Waals surface area (Å²) >= 11 is 1.38. The highest BCUT2D eigenvalue weighted by Crippen LogP contribution is 2.25. The van der Waals surface area contributed by atoms with Gasteiger partial charge in [-0.2, -0.15) is 0 Å². The third-order valence-corrected chi connectivity index (χ3v) is 6.80. The number of nitrogens with zero attached hydrogens (tertiary/aromatic N) is 3. The monoisotopic (exact) mass is 559 g/mol. The normalized spacial score (nSPS) is 11.2. The van der Waals surface area contributed by atoms with Gasteiger partial charge in [-0.25, -0.2) is 9.78 Å². The van der Waals surface area contributed by atoms with Crippen LogP contribution >= 0.6 is 11.3 Å². The van der Waals surface area contributed by atoms with Crippen LogP contribution in [0.25, 0.3) is 11.3 Å². The third kappa shape index (κ3) is 8.47. The topological polar surface area (TPSA) is 124 Å². The molecular formula is C30H29N3O6S. The van der Waals surface area contributed by atoms with Crippen LogP contribution in [0.2, 0.25) is 0 Å². The number of nitro benzene ring substituents is 1. The second kappa shape index (κ2) is 14.5. The van der Waals surface area contributed by atoms with Crippen molar-refractivity contribution in [1.82, 2.24) is 4.98 Å². The van der Waals surface area contributed by atoms with Crippen molar-refractivity contribution in [3.8, 4) is 22.8 Å². The minimum atomic E-state index is -1.22. The first-order valence-corrected chi connectivity index (χ1v) is 13.7. The zero-order valence-electron chi connectivity index (χ0n) is 21.8. The lowest BCUT2D eigenvalue weighted by Gasteiger charge is -2.08. The quantitative estimate of drug-likeness (QED) is 0.0751. The SMILES string of the molecule is O=C(O)C(Cc1ccccc1[N+](=O)[O-])=NCc1nc(-c2ccc(OCCCCCOc3ccccc3)cc2)cs1. The second-order valence-electron chi connectivity index (χ2n) is 8.85. The molecule has 1 heterocycles. The lowest BCUT2D eigenvalue weighted by molar-refractivity contribution is -0.385. The molecule has 0 fully saturated rings. The van der Waals surface area contributed by atoms with Gasteiger partial charge in [0.05, 0.1) is 30.4 Å². The molecule has 1 N–H and O–H groups in total. The molecule has 0 saturated carbocycles. The van der Waals surface area contributed by atoms with Crippen molar-refractivity contribution in [2.75, 3.05) is 13.2 Å². The van der Waals surface area contributed by atoms with Crippen LogP contribution in [0.1, 0.15) is 29.8 Å². The molecule has 1 aromatic heterocycles. The third-order valence-electron chi connectivity index (χ3n) is 5.97. The second-order valence-corrected chi connectivity index (χ2v) is 9.79. The Morgan fingerprint density at radius 3 is 2.23 bits per heavy atom. The summed E-state index contributed by atoms with van der Waals surface area (Å²) in [5.41, 5.74) is 1.68. The molecule has 0 aliphatic carbocycles. The fourth-order valence-electron chi connectivity index (χ4n) is 3.90. The largest absolute Gasteiger partial charge is 0.494 e. The molecule has 0 aliphatic rings. The molecule has 0 saturated heterocycles. The van der Waals surface area contributed by atoms with Crippen LogP contribution in [-0.2, 0) is 17.8 Å². The molecule has 0 bridgehead atoms. The van der Waals surface area contributed by atoms with Crippen molar-refractivity contribution < 1.29 is 24.3 Å². The van der Waals surface area contributed by atoms with E-state index in [-0.39, 0.29) is 24.4 Å². The molecule has 0 amide bonds. The van der Waals surface area contributed by atoms with Gasteiger partial charge in [0, 0.05) is 29.0 Å². The number of aromatic nitrogens is 1. The molecule has 0 radical (unpaired) electrons. The van der Waals surface area contributed by atoms with Crippen LogP contribution in [0.4, 0.5) is 5.69 Å². The maximum absolute atomic E-state index is 11.7. The Morgan fingerprint density at radius 2 is 1.55 bits per heavy atom. The molecule has 9 nitrogen and oxygen atoms in total. The van der Waals surface area contributed by atoms with Gasteiger partial charge in [0.25, 0.3) is 5.69 Å². The predicted molar refractivity (Wildman–Crippen MR) is 154 cm³/mol. The van der Waals surface area contributed by atoms with Crippen LogP contribution in [0.5, 0.6) is 11.5 Å². The van der Waals surface area contributed by atoms with Crippen LogP contribution in [-0.4, -0.2) is 39.9 Å². The van der Waals surface area contributed by atoms with Gasteiger partial charge >= 0.3 is 5.97 Å². The van der Waals surface area contributed by atoms with Crippen molar-refractivity contribution in [1.29, 1.82) is 0 Å². The minimum absolute atomic E-state index is 0.0739. The summed E-state index contributed by atoms with van der Waals surface area (Å²) in [5, 5.41) is 23.4. The van der Waals surface area contributed by atoms with E-state index in [1.165, 1.54) is 23.5 Å². The molecule has 4 rings (SSSR count). The zero-order valence-corrected chi connectivity index (χ0v) is 22.6. The van der Waals surface area contributed by atoms with Crippen LogP contribution in [0.15, 0.2) is 89.2 Å². The molecular weight excluding hydrogens is 530 g/mol. The van der Waals surface area contributed by atoms with E-state index in [9.17, 15) is 20.0 Å². The minimum Gasteiger partial charge on any atom is -0.494 e. The van der Waals surface area contributed by atoms with E-state index in [4.69, 9.17) is 9.47 Å². The average Bonchev–Trinajstić information content (AvgIpc) is 3.44. The Hall–Kier alpha value is -4.57. The number of carboxylic acid groups (broad SMARTS) is 1. The van der Waals surface area contributed by atoms with E-state index < -0.39 is 10.9 Å². The van der Waals surface area contributed by atoms with Gasteiger partial charge < -0.3 is 14.6 Å². The first kappa shape index (κ1) is 28.4. The number of carbonyl (C=O) groups is 1. The standard InChI is InChI=1S/C30H29N3O6S/c34-30(35)26(19-23-9-5-6-12-28(23)33(36)37)31-20-29-32-27(21-40-29)22-13-15-25(16-14-22)39-18-8-2-7-17-38-24-10-3-1-4-11-24/h1,3-6,9-16,21H,2,7-8,17-20H2,(H,34,35). The summed E-state index contributed by atoms with van der Waals surface area (Å²) in [5.74, 6) is 0.455. The van der Waals surface area contributed by atoms with E-state index in [0.29, 0.717) is 23.8 Å². The zero-order chi connectivity index (χ0) is 28.2. The summed E-state index contributed by atoms with van der Waals surface area (Å²) in [4.78, 5) is 31.2. The van der Waals surface area contributed by atoms with E-state index >= 15 is 0 Å². The summed E-state index contributed by atoms with van der Waals surface area (Å²) in [6.07, 6.45) is 2.77. The van der Waals surface area contributed by atoms with Crippen molar-refractivity contribution in [2.24, 2.45) is 4.99 Å². The summed E-state index contributed by atoms with van der Waals surface area (Å²) in [6, 6.07) is 23.5. The predicted octanol–water partition coefficient (Wildman–Crippen LogP) is 6.61. The van der Waals surface area contributed by atoms with Crippen LogP contribution < -0.4 is 9.47 Å². The molecule has 3 aromatic carbocycles. The highest BCUT2D eigenvalue weighted by atomic mass is 32.1. The number of ether oxygens (including phenoxy) is 2. The van der Waals surface area contributed by atoms with Gasteiger partial charge in [-0.15, -0.1) is 11.3 Å². The fourth-order valence-corrected chi connectivity index (χ4v) is 4.62. The Balaban J connectivity index is 1.24. The van der Waals surface area contributed by atoms with Crippen molar-refractivity contribution in [2.45, 2.75) is 32.2 Å². The van der Waals surface area contributed by atoms with Gasteiger partial charge in [0.2, 0.25) is 0 Å². The molecule has 206 valence electrons. The Labute approximate surface area is 235 Å². The maximum atomic E-state index is 11.7. The lowest BCUT2D eigenvalue weighted by atomic mass is 10.1. The van der Waals surface area contributed by atoms with Crippen LogP contribution in [0, 0.1) is 10.1 Å². The highest BCUT2D eigenvalue weighted by Gasteiger charge is 2.18. The number of aliphatic carboxylic acids is 1. The maximum Gasteiger partial charge on any atom is 0.350 e. The summed E-state index contributed by atoms with van der Waals surface area (Å²) < 4.78 is 11.6. The number of aliphatic imine (C=N–C) groups is 1. The van der Waals surface area contributed by atoms with Gasteiger partial charge in [0.1, 0.15) is 22.2 Å². The number of thiazole rings is 1. The molecule has 0 spiro atoms. The Morgan fingerprint density at radius 1 is 0.900 bits per heavy atom. The first-order valence-electron chi connectivity index (χ1n) is 12.8. The van der Waals surface area contributed by atoms with Gasteiger partial charge in [-0.05, 0) is 55.7 Å². The average molecular weight is 560 g/mol. The number of para-hydroxylation sites is 2. The van der Waals surface area contributed by atoms with E-state index in [0.717, 1.165) is 42.0 Å². The summed E-state index contributed by atoms with van der Waals surface area (Å²) in [6.45, 7) is 1.39. The van der Waals surface area contributed by atoms with Gasteiger partial charge in [-0.1, -0.05) is 36.4 Å². The van der Waals surface area contributed by atoms with Gasteiger partial charge in [-0.3, -0.25) is 15.1 Å². The number of unbranched alkanes of at least 4 members (excludes halogenated alkanes) is 2. The molecule has 40 heavy (non-hydrogen) atoms. The van der Waals surface area contributed by atoms with Crippen molar-refractivity contribution >= 4 is 28.7 Å². The smallest absolute Gasteiger partial charge is 0.350 e. The number of hydrogen-bond acceptors (Lipinski definition) is 8. The Bertz CT molecular complexity index is 1440. The van der Waals surface area contributed by atoms with E-state index in [1.54, 1.807) is 12.1 Å². The van der Waals surface area contributed by atoms with Crippen molar-refractivity contribution in [3.05, 3.63) is 105 Å².